The molecule has 5 heteroatoms. The molecule has 0 unspecified atom stereocenters. The van der Waals surface area contributed by atoms with Crippen LogP contribution in [-0.4, -0.2) is 39.6 Å². The summed E-state index contributed by atoms with van der Waals surface area (Å²) in [7, 11) is 0. The first-order valence-electron chi connectivity index (χ1n) is 6.32. The molecule has 1 heterocycles. The number of rotatable bonds is 1. The minimum Gasteiger partial charge on any atom is -0.480 e. The molecular formula is C15H14O5. The first-order chi connectivity index (χ1) is 9.32. The van der Waals surface area contributed by atoms with Gasteiger partial charge < -0.3 is 14.9 Å². The van der Waals surface area contributed by atoms with Crippen LogP contribution in [0.5, 0.6) is 0 Å². The van der Waals surface area contributed by atoms with Crippen molar-refractivity contribution in [2.75, 3.05) is 0 Å². The smallest absolute Gasteiger partial charge is 0.228 e. The topological polar surface area (TPSA) is 83.8 Å². The molecule has 0 saturated heterocycles. The Morgan fingerprint density at radius 2 is 1.65 bits per heavy atom. The van der Waals surface area contributed by atoms with E-state index in [2.05, 4.69) is 0 Å². The third-order valence-corrected chi connectivity index (χ3v) is 3.64. The van der Waals surface area contributed by atoms with Crippen LogP contribution in [0, 0.1) is 0 Å². The van der Waals surface area contributed by atoms with E-state index in [4.69, 9.17) is 4.74 Å². The average molecular weight is 274 g/mol. The zero-order chi connectivity index (χ0) is 14.7. The Bertz CT molecular complexity index is 650. The standard InChI is InChI=1S/C15H14O5/c1-15(2,19)14-12(18)9-10(16)7-5-3-4-6-8(7)11(17)13(9)20-14/h3-6,12,14,18-19H,1-2H3/t12-,14-/m1/s1. The Labute approximate surface area is 115 Å². The molecule has 0 amide bonds. The fourth-order valence-corrected chi connectivity index (χ4v) is 2.63. The molecule has 1 aromatic rings. The maximum Gasteiger partial charge on any atom is 0.228 e. The highest BCUT2D eigenvalue weighted by Gasteiger charge is 2.50. The number of Topliss-reactive ketones (excluding diaryl/α,β-unsaturated/α-hetero) is 2. The zero-order valence-corrected chi connectivity index (χ0v) is 11.1. The second-order valence-electron chi connectivity index (χ2n) is 5.58. The first kappa shape index (κ1) is 13.0. The average Bonchev–Trinajstić information content (AvgIpc) is 2.74. The molecule has 3 rings (SSSR count). The third-order valence-electron chi connectivity index (χ3n) is 3.64. The van der Waals surface area contributed by atoms with Gasteiger partial charge in [-0.05, 0) is 13.8 Å². The zero-order valence-electron chi connectivity index (χ0n) is 11.1. The van der Waals surface area contributed by atoms with Crippen molar-refractivity contribution in [1.82, 2.24) is 0 Å². The summed E-state index contributed by atoms with van der Waals surface area (Å²) in [5.74, 6) is -0.997. The van der Waals surface area contributed by atoms with E-state index in [1.165, 1.54) is 13.8 Å². The van der Waals surface area contributed by atoms with Crippen molar-refractivity contribution >= 4 is 11.6 Å². The van der Waals surface area contributed by atoms with Gasteiger partial charge in [-0.25, -0.2) is 0 Å². The van der Waals surface area contributed by atoms with Gasteiger partial charge in [-0.3, -0.25) is 9.59 Å². The fraction of sp³-hybridized carbons (Fsp3) is 0.333. The SMILES string of the molecule is CC(C)(O)[C@@H]1OC2=C(C(=O)c3ccccc3C2=O)[C@H]1O. The Hall–Kier alpha value is -1.98. The number of ketones is 2. The fourth-order valence-electron chi connectivity index (χ4n) is 2.63. The highest BCUT2D eigenvalue weighted by Crippen LogP contribution is 2.38. The lowest BCUT2D eigenvalue weighted by Crippen LogP contribution is -2.44. The van der Waals surface area contributed by atoms with Crippen molar-refractivity contribution in [3.63, 3.8) is 0 Å². The van der Waals surface area contributed by atoms with E-state index in [-0.39, 0.29) is 22.5 Å². The molecule has 0 saturated carbocycles. The summed E-state index contributed by atoms with van der Waals surface area (Å²) >= 11 is 0. The van der Waals surface area contributed by atoms with E-state index >= 15 is 0 Å². The van der Waals surface area contributed by atoms with Crippen LogP contribution < -0.4 is 0 Å². The van der Waals surface area contributed by atoms with Crippen LogP contribution in [0.4, 0.5) is 0 Å². The predicted octanol–water partition coefficient (Wildman–Crippen LogP) is 0.850. The van der Waals surface area contributed by atoms with E-state index in [9.17, 15) is 19.8 Å². The van der Waals surface area contributed by atoms with Crippen molar-refractivity contribution in [1.29, 1.82) is 0 Å². The van der Waals surface area contributed by atoms with E-state index in [0.29, 0.717) is 0 Å². The summed E-state index contributed by atoms with van der Waals surface area (Å²) in [5, 5.41) is 20.2. The molecule has 2 N–H and O–H groups in total. The monoisotopic (exact) mass is 274 g/mol. The van der Waals surface area contributed by atoms with Gasteiger partial charge >= 0.3 is 0 Å². The van der Waals surface area contributed by atoms with Crippen LogP contribution in [0.15, 0.2) is 35.6 Å². The van der Waals surface area contributed by atoms with Crippen molar-refractivity contribution in [2.24, 2.45) is 0 Å². The molecule has 2 atom stereocenters. The highest BCUT2D eigenvalue weighted by molar-refractivity contribution is 6.27. The third kappa shape index (κ3) is 1.63. The van der Waals surface area contributed by atoms with Crippen molar-refractivity contribution in [3.8, 4) is 0 Å². The number of fused-ring (bicyclic) bond motifs is 1. The Morgan fingerprint density at radius 1 is 1.10 bits per heavy atom. The molecule has 1 aliphatic carbocycles. The van der Waals surface area contributed by atoms with E-state index in [1.807, 2.05) is 0 Å². The van der Waals surface area contributed by atoms with Crippen molar-refractivity contribution in [3.05, 3.63) is 46.7 Å². The molecule has 20 heavy (non-hydrogen) atoms. The number of hydrogen-bond acceptors (Lipinski definition) is 5. The summed E-state index contributed by atoms with van der Waals surface area (Å²) in [6.07, 6.45) is -2.34. The summed E-state index contributed by atoms with van der Waals surface area (Å²) in [6, 6.07) is 6.41. The molecule has 5 nitrogen and oxygen atoms in total. The van der Waals surface area contributed by atoms with E-state index < -0.39 is 29.4 Å². The van der Waals surface area contributed by atoms with Crippen LogP contribution in [-0.2, 0) is 4.74 Å². The lowest BCUT2D eigenvalue weighted by molar-refractivity contribution is -0.0882. The minimum atomic E-state index is -1.37. The molecular weight excluding hydrogens is 260 g/mol. The van der Waals surface area contributed by atoms with Gasteiger partial charge in [-0.1, -0.05) is 24.3 Å². The molecule has 0 aromatic heterocycles. The normalized spacial score (nSPS) is 25.4. The van der Waals surface area contributed by atoms with E-state index in [1.54, 1.807) is 24.3 Å². The molecule has 1 aliphatic heterocycles. The van der Waals surface area contributed by atoms with Gasteiger partial charge in [0.1, 0.15) is 6.10 Å². The maximum atomic E-state index is 12.4. The van der Waals surface area contributed by atoms with Gasteiger partial charge in [0.2, 0.25) is 5.78 Å². The van der Waals surface area contributed by atoms with E-state index in [0.717, 1.165) is 0 Å². The Kier molecular flexibility index (Phi) is 2.61. The molecule has 2 aliphatic rings. The number of benzene rings is 1. The summed E-state index contributed by atoms with van der Waals surface area (Å²) < 4.78 is 5.39. The number of aliphatic hydroxyl groups excluding tert-OH is 1. The summed E-state index contributed by atoms with van der Waals surface area (Å²) in [6.45, 7) is 2.92. The number of hydrogen-bond donors (Lipinski definition) is 2. The number of allylic oxidation sites excluding steroid dienone is 1. The van der Waals surface area contributed by atoms with Gasteiger partial charge in [0.25, 0.3) is 0 Å². The number of carbonyl (C=O) groups is 2. The lowest BCUT2D eigenvalue weighted by atomic mass is 9.84. The Balaban J connectivity index is 2.11. The first-order valence-corrected chi connectivity index (χ1v) is 6.32. The summed E-state index contributed by atoms with van der Waals surface area (Å²) in [5.41, 5.74) is -0.903. The second kappa shape index (κ2) is 4.01. The molecule has 104 valence electrons. The molecule has 0 fully saturated rings. The maximum absolute atomic E-state index is 12.4. The van der Waals surface area contributed by atoms with Crippen LogP contribution in [0.25, 0.3) is 0 Å². The van der Waals surface area contributed by atoms with Crippen molar-refractivity contribution in [2.45, 2.75) is 31.7 Å². The molecule has 1 aromatic carbocycles. The molecule has 0 spiro atoms. The highest BCUT2D eigenvalue weighted by atomic mass is 16.5. The van der Waals surface area contributed by atoms with Crippen LogP contribution in [0.3, 0.4) is 0 Å². The number of carbonyl (C=O) groups excluding carboxylic acids is 2. The van der Waals surface area contributed by atoms with Crippen LogP contribution >= 0.6 is 0 Å². The summed E-state index contributed by atoms with van der Waals surface area (Å²) in [4.78, 5) is 24.7. The van der Waals surface area contributed by atoms with Gasteiger partial charge in [-0.15, -0.1) is 0 Å². The quantitative estimate of drug-likeness (QED) is 0.793. The minimum absolute atomic E-state index is 0.0548. The van der Waals surface area contributed by atoms with Crippen LogP contribution in [0.1, 0.15) is 34.6 Å². The van der Waals surface area contributed by atoms with Gasteiger partial charge in [-0.2, -0.15) is 0 Å². The van der Waals surface area contributed by atoms with Crippen molar-refractivity contribution < 1.29 is 24.5 Å². The second-order valence-corrected chi connectivity index (χ2v) is 5.58. The lowest BCUT2D eigenvalue weighted by Gasteiger charge is -2.27. The van der Waals surface area contributed by atoms with Gasteiger partial charge in [0, 0.05) is 11.1 Å². The molecule has 0 bridgehead atoms. The molecule has 0 radical (unpaired) electrons. The number of aliphatic hydroxyl groups is 2. The van der Waals surface area contributed by atoms with Gasteiger partial charge in [0.15, 0.2) is 17.6 Å². The largest absolute Gasteiger partial charge is 0.480 e. The Morgan fingerprint density at radius 3 is 2.20 bits per heavy atom. The van der Waals surface area contributed by atoms with Gasteiger partial charge in [0.05, 0.1) is 11.2 Å². The predicted molar refractivity (Wildman–Crippen MR) is 69.3 cm³/mol. The number of ether oxygens (including phenoxy) is 1. The van der Waals surface area contributed by atoms with Crippen LogP contribution in [0.2, 0.25) is 0 Å².